The molecule has 1 aromatic rings. The molecule has 82 valence electrons. The smallest absolute Gasteiger partial charge is 0.404 e. The van der Waals surface area contributed by atoms with Gasteiger partial charge < -0.3 is 16.8 Å². The molecule has 0 heterocycles. The molecule has 0 aliphatic rings. The fraction of sp³-hybridized carbons (Fsp3) is 0.143. The molecule has 0 fully saturated rings. The Kier molecular flexibility index (Phi) is 6.38. The van der Waals surface area contributed by atoms with E-state index < -0.39 is 7.82 Å². The van der Waals surface area contributed by atoms with Crippen LogP contribution in [-0.4, -0.2) is 9.79 Å². The highest BCUT2D eigenvalue weighted by atomic mass is 31.2. The van der Waals surface area contributed by atoms with Crippen molar-refractivity contribution in [1.82, 2.24) is 12.3 Å². The molecule has 0 unspecified atom stereocenters. The van der Waals surface area contributed by atoms with E-state index in [1.807, 2.05) is 0 Å². The fourth-order valence-electron chi connectivity index (χ4n) is 0.787. The molecular weight excluding hydrogens is 207 g/mol. The SMILES string of the molecule is Cc1ccccc1OP(=O)(O)O.N.N. The molecule has 0 atom stereocenters. The minimum Gasteiger partial charge on any atom is -0.404 e. The van der Waals surface area contributed by atoms with Gasteiger partial charge >= 0.3 is 7.82 Å². The number of phosphoric ester groups is 1. The minimum absolute atomic E-state index is 0. The second kappa shape index (κ2) is 5.74. The van der Waals surface area contributed by atoms with Crippen LogP contribution in [0.5, 0.6) is 5.75 Å². The third-order valence-electron chi connectivity index (χ3n) is 1.31. The second-order valence-corrected chi connectivity index (χ2v) is 3.51. The van der Waals surface area contributed by atoms with Crippen LogP contribution in [0.2, 0.25) is 0 Å². The summed E-state index contributed by atoms with van der Waals surface area (Å²) in [5, 5.41) is 0. The zero-order valence-electron chi connectivity index (χ0n) is 7.88. The van der Waals surface area contributed by atoms with Crippen molar-refractivity contribution in [2.75, 3.05) is 0 Å². The van der Waals surface area contributed by atoms with Crippen LogP contribution in [0.25, 0.3) is 0 Å². The number of hydrogen-bond acceptors (Lipinski definition) is 4. The topological polar surface area (TPSA) is 137 Å². The largest absolute Gasteiger partial charge is 0.524 e. The Morgan fingerprint density at radius 1 is 1.21 bits per heavy atom. The summed E-state index contributed by atoms with van der Waals surface area (Å²) in [6.07, 6.45) is 0. The van der Waals surface area contributed by atoms with Gasteiger partial charge in [0.1, 0.15) is 5.75 Å². The van der Waals surface area contributed by atoms with Gasteiger partial charge in [-0.15, -0.1) is 0 Å². The third kappa shape index (κ3) is 4.96. The van der Waals surface area contributed by atoms with Gasteiger partial charge in [0, 0.05) is 0 Å². The first-order chi connectivity index (χ1) is 5.49. The first-order valence-electron chi connectivity index (χ1n) is 3.30. The molecule has 0 aromatic heterocycles. The van der Waals surface area contributed by atoms with Crippen LogP contribution in [0.15, 0.2) is 24.3 Å². The highest BCUT2D eigenvalue weighted by Gasteiger charge is 2.16. The molecule has 1 rings (SSSR count). The first kappa shape index (κ1) is 15.6. The van der Waals surface area contributed by atoms with E-state index in [-0.39, 0.29) is 18.1 Å². The molecule has 0 aliphatic heterocycles. The predicted octanol–water partition coefficient (Wildman–Crippen LogP) is 1.79. The van der Waals surface area contributed by atoms with Gasteiger partial charge in [-0.3, -0.25) is 9.79 Å². The van der Waals surface area contributed by atoms with Crippen molar-refractivity contribution < 1.29 is 18.9 Å². The van der Waals surface area contributed by atoms with Crippen molar-refractivity contribution in [1.29, 1.82) is 0 Å². The average Bonchev–Trinajstić information content (AvgIpc) is 1.91. The molecule has 0 amide bonds. The molecule has 0 bridgehead atoms. The van der Waals surface area contributed by atoms with Crippen molar-refractivity contribution in [3.05, 3.63) is 29.8 Å². The first-order valence-corrected chi connectivity index (χ1v) is 4.83. The van der Waals surface area contributed by atoms with Crippen LogP contribution < -0.4 is 16.8 Å². The highest BCUT2D eigenvalue weighted by molar-refractivity contribution is 7.46. The number of hydrogen-bond donors (Lipinski definition) is 4. The van der Waals surface area contributed by atoms with Crippen LogP contribution in [0.1, 0.15) is 5.56 Å². The lowest BCUT2D eigenvalue weighted by Crippen LogP contribution is -1.91. The van der Waals surface area contributed by atoms with Crippen LogP contribution in [0, 0.1) is 6.92 Å². The molecule has 7 heteroatoms. The van der Waals surface area contributed by atoms with Gasteiger partial charge in [0.2, 0.25) is 0 Å². The normalized spacial score (nSPS) is 9.64. The molecule has 0 radical (unpaired) electrons. The number of rotatable bonds is 2. The Morgan fingerprint density at radius 2 is 1.71 bits per heavy atom. The van der Waals surface area contributed by atoms with Crippen LogP contribution >= 0.6 is 7.82 Å². The summed E-state index contributed by atoms with van der Waals surface area (Å²) in [5.74, 6) is 0.214. The van der Waals surface area contributed by atoms with Crippen LogP contribution in [0.3, 0.4) is 0 Å². The van der Waals surface area contributed by atoms with Crippen molar-refractivity contribution in [2.24, 2.45) is 0 Å². The van der Waals surface area contributed by atoms with E-state index >= 15 is 0 Å². The maximum absolute atomic E-state index is 10.4. The molecule has 0 saturated heterocycles. The standard InChI is InChI=1S/C7H9O4P.2H3N/c1-6-4-2-3-5-7(6)11-12(8,9)10;;/h2-5H,1H3,(H2,8,9,10);2*1H3. The summed E-state index contributed by atoms with van der Waals surface area (Å²) in [7, 11) is -4.41. The lowest BCUT2D eigenvalue weighted by atomic mass is 10.2. The van der Waals surface area contributed by atoms with Crippen LogP contribution in [0.4, 0.5) is 0 Å². The number of aryl methyl sites for hydroxylation is 1. The second-order valence-electron chi connectivity index (χ2n) is 2.35. The summed E-state index contributed by atoms with van der Waals surface area (Å²) in [5.41, 5.74) is 0.695. The van der Waals surface area contributed by atoms with Crippen molar-refractivity contribution in [2.45, 2.75) is 6.92 Å². The number of para-hydroxylation sites is 1. The van der Waals surface area contributed by atoms with Crippen molar-refractivity contribution in [3.63, 3.8) is 0 Å². The van der Waals surface area contributed by atoms with Gasteiger partial charge in [-0.05, 0) is 18.6 Å². The van der Waals surface area contributed by atoms with Gasteiger partial charge in [0.25, 0.3) is 0 Å². The fourth-order valence-corrected chi connectivity index (χ4v) is 1.25. The lowest BCUT2D eigenvalue weighted by Gasteiger charge is -2.08. The summed E-state index contributed by atoms with van der Waals surface area (Å²) in [4.78, 5) is 17.0. The van der Waals surface area contributed by atoms with Gasteiger partial charge in [-0.1, -0.05) is 18.2 Å². The van der Waals surface area contributed by atoms with Crippen molar-refractivity contribution in [3.8, 4) is 5.75 Å². The zero-order valence-corrected chi connectivity index (χ0v) is 8.78. The Labute approximate surface area is 82.3 Å². The summed E-state index contributed by atoms with van der Waals surface area (Å²) >= 11 is 0. The molecule has 0 aliphatic carbocycles. The van der Waals surface area contributed by atoms with Gasteiger partial charge in [-0.25, -0.2) is 4.57 Å². The Balaban J connectivity index is 0. The van der Waals surface area contributed by atoms with E-state index in [1.54, 1.807) is 25.1 Å². The van der Waals surface area contributed by atoms with E-state index in [1.165, 1.54) is 6.07 Å². The summed E-state index contributed by atoms with van der Waals surface area (Å²) in [6.45, 7) is 1.71. The average molecular weight is 222 g/mol. The summed E-state index contributed by atoms with van der Waals surface area (Å²) in [6, 6.07) is 6.64. The Bertz CT molecular complexity index is 325. The molecule has 1 aromatic carbocycles. The van der Waals surface area contributed by atoms with E-state index in [0.29, 0.717) is 5.56 Å². The van der Waals surface area contributed by atoms with E-state index in [2.05, 4.69) is 4.52 Å². The zero-order chi connectivity index (χ0) is 9.19. The van der Waals surface area contributed by atoms with Crippen LogP contribution in [-0.2, 0) is 4.57 Å². The summed E-state index contributed by atoms with van der Waals surface area (Å²) < 4.78 is 14.8. The van der Waals surface area contributed by atoms with Gasteiger partial charge in [0.05, 0.1) is 0 Å². The quantitative estimate of drug-likeness (QED) is 0.563. The predicted molar refractivity (Wildman–Crippen MR) is 53.9 cm³/mol. The van der Waals surface area contributed by atoms with Gasteiger partial charge in [0.15, 0.2) is 0 Å². The highest BCUT2D eigenvalue weighted by Crippen LogP contribution is 2.38. The maximum Gasteiger partial charge on any atom is 0.524 e. The van der Waals surface area contributed by atoms with E-state index in [9.17, 15) is 4.57 Å². The Hall–Kier alpha value is -0.910. The van der Waals surface area contributed by atoms with E-state index in [0.717, 1.165) is 0 Å². The minimum atomic E-state index is -4.41. The molecule has 6 nitrogen and oxygen atoms in total. The maximum atomic E-state index is 10.4. The molecule has 14 heavy (non-hydrogen) atoms. The lowest BCUT2D eigenvalue weighted by molar-refractivity contribution is 0.282. The monoisotopic (exact) mass is 222 g/mol. The molecular formula is C7H15N2O4P. The molecule has 0 spiro atoms. The molecule has 0 saturated carbocycles. The van der Waals surface area contributed by atoms with Crippen molar-refractivity contribution >= 4 is 7.82 Å². The number of benzene rings is 1. The Morgan fingerprint density at radius 3 is 2.14 bits per heavy atom. The van der Waals surface area contributed by atoms with Gasteiger partial charge in [-0.2, -0.15) is 0 Å². The van der Waals surface area contributed by atoms with E-state index in [4.69, 9.17) is 9.79 Å². The third-order valence-corrected chi connectivity index (χ3v) is 1.75. The molecule has 8 N–H and O–H groups in total. The number of phosphoric acid groups is 1.